The van der Waals surface area contributed by atoms with Gasteiger partial charge >= 0.3 is 7.60 Å². The Kier molecular flexibility index (Phi) is 7.01. The summed E-state index contributed by atoms with van der Waals surface area (Å²) in [4.78, 5) is 12.0. The van der Waals surface area contributed by atoms with Gasteiger partial charge in [-0.05, 0) is 26.0 Å². The van der Waals surface area contributed by atoms with E-state index in [1.807, 2.05) is 0 Å². The summed E-state index contributed by atoms with van der Waals surface area (Å²) < 4.78 is 22.6. The molecule has 8 heteroatoms. The molecule has 3 N–H and O–H groups in total. The first-order valence-electron chi connectivity index (χ1n) is 6.55. The molecule has 0 aromatic heterocycles. The van der Waals surface area contributed by atoms with E-state index in [0.29, 0.717) is 5.56 Å². The van der Waals surface area contributed by atoms with Crippen LogP contribution in [0.2, 0.25) is 0 Å². The van der Waals surface area contributed by atoms with Crippen LogP contribution < -0.4 is 5.32 Å². The third-order valence-electron chi connectivity index (χ3n) is 2.56. The molecule has 1 unspecified atom stereocenters. The van der Waals surface area contributed by atoms with Crippen LogP contribution in [0.25, 0.3) is 0 Å². The van der Waals surface area contributed by atoms with Gasteiger partial charge in [0.15, 0.2) is 12.1 Å². The van der Waals surface area contributed by atoms with Crippen molar-refractivity contribution in [1.29, 1.82) is 0 Å². The van der Waals surface area contributed by atoms with Crippen LogP contribution in [0.15, 0.2) is 30.3 Å². The van der Waals surface area contributed by atoms with E-state index in [1.165, 1.54) is 0 Å². The minimum atomic E-state index is -3.89. The maximum absolute atomic E-state index is 12.5. The van der Waals surface area contributed by atoms with E-state index in [1.54, 1.807) is 44.2 Å². The Morgan fingerprint density at radius 3 is 2.14 bits per heavy atom. The predicted molar refractivity (Wildman–Crippen MR) is 76.8 cm³/mol. The van der Waals surface area contributed by atoms with Gasteiger partial charge in [-0.1, -0.05) is 18.2 Å². The third kappa shape index (κ3) is 4.91. The summed E-state index contributed by atoms with van der Waals surface area (Å²) in [6.45, 7) is 3.26. The van der Waals surface area contributed by atoms with Gasteiger partial charge in [-0.25, -0.2) is 0 Å². The highest BCUT2D eigenvalue weighted by molar-refractivity contribution is 7.54. The predicted octanol–water partition coefficient (Wildman–Crippen LogP) is 1.32. The van der Waals surface area contributed by atoms with Gasteiger partial charge in [0.1, 0.15) is 0 Å². The van der Waals surface area contributed by atoms with E-state index < -0.39 is 25.6 Å². The second kappa shape index (κ2) is 8.26. The van der Waals surface area contributed by atoms with Crippen LogP contribution in [0.1, 0.15) is 24.2 Å². The van der Waals surface area contributed by atoms with Crippen LogP contribution in [-0.4, -0.2) is 41.4 Å². The molecule has 1 rings (SSSR count). The van der Waals surface area contributed by atoms with Crippen molar-refractivity contribution in [1.82, 2.24) is 5.32 Å². The van der Waals surface area contributed by atoms with Crippen molar-refractivity contribution in [3.8, 4) is 0 Å². The smallest absolute Gasteiger partial charge is 0.358 e. The number of aliphatic hydroxyl groups is 2. The van der Waals surface area contributed by atoms with Crippen molar-refractivity contribution in [2.75, 3.05) is 13.2 Å². The largest absolute Gasteiger partial charge is 0.366 e. The summed E-state index contributed by atoms with van der Waals surface area (Å²) in [7, 11) is -3.89. The number of nitrogens with one attached hydrogen (secondary N) is 1. The lowest BCUT2D eigenvalue weighted by atomic mass is 10.2. The number of amides is 1. The van der Waals surface area contributed by atoms with E-state index in [2.05, 4.69) is 5.32 Å². The van der Waals surface area contributed by atoms with Gasteiger partial charge in [-0.2, -0.15) is 0 Å². The minimum Gasteiger partial charge on any atom is -0.366 e. The fraction of sp³-hybridized carbons (Fsp3) is 0.462. The number of hydrogen-bond acceptors (Lipinski definition) is 6. The fourth-order valence-electron chi connectivity index (χ4n) is 1.68. The summed E-state index contributed by atoms with van der Waals surface area (Å²) in [5.74, 6) is -2.17. The van der Waals surface area contributed by atoms with E-state index in [-0.39, 0.29) is 13.2 Å². The molecule has 0 saturated heterocycles. The first-order valence-corrected chi connectivity index (χ1v) is 8.16. The molecule has 1 aromatic rings. The van der Waals surface area contributed by atoms with E-state index in [0.717, 1.165) is 0 Å². The second-order valence-corrected chi connectivity index (χ2v) is 6.23. The number of carbonyl (C=O) groups is 1. The molecule has 0 saturated carbocycles. The van der Waals surface area contributed by atoms with Gasteiger partial charge in [0.25, 0.3) is 5.91 Å². The summed E-state index contributed by atoms with van der Waals surface area (Å²) in [6.07, 6.45) is -2.08. The Morgan fingerprint density at radius 1 is 1.19 bits per heavy atom. The van der Waals surface area contributed by atoms with E-state index >= 15 is 0 Å². The van der Waals surface area contributed by atoms with E-state index in [9.17, 15) is 19.6 Å². The summed E-state index contributed by atoms with van der Waals surface area (Å²) in [5, 5.41) is 21.1. The van der Waals surface area contributed by atoms with Crippen LogP contribution in [0, 0.1) is 0 Å². The SMILES string of the molecule is CCOP(=O)(OCC)C(NC(=O)c1ccccc1)C(O)O. The zero-order valence-corrected chi connectivity index (χ0v) is 12.8. The maximum atomic E-state index is 12.5. The molecule has 0 bridgehead atoms. The number of benzene rings is 1. The highest BCUT2D eigenvalue weighted by Crippen LogP contribution is 2.52. The quantitative estimate of drug-likeness (QED) is 0.493. The second-order valence-electron chi connectivity index (χ2n) is 4.07. The zero-order valence-electron chi connectivity index (χ0n) is 11.9. The Hall–Kier alpha value is -1.24. The number of carbonyl (C=O) groups excluding carboxylic acids is 1. The van der Waals surface area contributed by atoms with Gasteiger partial charge in [-0.3, -0.25) is 9.36 Å². The van der Waals surface area contributed by atoms with Crippen molar-refractivity contribution < 1.29 is 28.6 Å². The van der Waals surface area contributed by atoms with Gasteiger partial charge in [0.05, 0.1) is 13.2 Å². The van der Waals surface area contributed by atoms with Crippen LogP contribution in [0.4, 0.5) is 0 Å². The Labute approximate surface area is 123 Å². The van der Waals surface area contributed by atoms with Crippen molar-refractivity contribution in [3.63, 3.8) is 0 Å². The lowest BCUT2D eigenvalue weighted by molar-refractivity contribution is -0.0529. The van der Waals surface area contributed by atoms with Gasteiger partial charge in [0.2, 0.25) is 0 Å². The number of hydrogen-bond donors (Lipinski definition) is 3. The Morgan fingerprint density at radius 2 is 1.71 bits per heavy atom. The van der Waals surface area contributed by atoms with Gasteiger partial charge < -0.3 is 24.6 Å². The first-order chi connectivity index (χ1) is 9.94. The molecule has 0 heterocycles. The molecule has 0 aliphatic rings. The van der Waals surface area contributed by atoms with Crippen molar-refractivity contribution in [3.05, 3.63) is 35.9 Å². The molecule has 1 aromatic carbocycles. The molecule has 0 aliphatic heterocycles. The van der Waals surface area contributed by atoms with Crippen LogP contribution in [-0.2, 0) is 13.6 Å². The molecular formula is C13H20NO6P. The molecule has 0 fully saturated rings. The number of aliphatic hydroxyl groups excluding tert-OH is 1. The fourth-order valence-corrected chi connectivity index (χ4v) is 3.40. The molecule has 1 atom stereocenters. The average molecular weight is 317 g/mol. The lowest BCUT2D eigenvalue weighted by Crippen LogP contribution is -2.44. The Balaban J connectivity index is 2.96. The summed E-state index contributed by atoms with van der Waals surface area (Å²) in [6, 6.07) is 8.14. The minimum absolute atomic E-state index is 0.0434. The van der Waals surface area contributed by atoms with Crippen molar-refractivity contribution in [2.24, 2.45) is 0 Å². The van der Waals surface area contributed by atoms with Gasteiger partial charge in [-0.15, -0.1) is 0 Å². The van der Waals surface area contributed by atoms with Crippen LogP contribution >= 0.6 is 7.60 Å². The molecule has 0 radical (unpaired) electrons. The normalized spacial score (nSPS) is 13.2. The highest BCUT2D eigenvalue weighted by Gasteiger charge is 2.41. The highest BCUT2D eigenvalue weighted by atomic mass is 31.2. The maximum Gasteiger partial charge on any atom is 0.358 e. The monoisotopic (exact) mass is 317 g/mol. The zero-order chi connectivity index (χ0) is 15.9. The average Bonchev–Trinajstić information content (AvgIpc) is 2.45. The van der Waals surface area contributed by atoms with Crippen molar-refractivity contribution >= 4 is 13.5 Å². The number of rotatable bonds is 8. The third-order valence-corrected chi connectivity index (χ3v) is 4.87. The lowest BCUT2D eigenvalue weighted by Gasteiger charge is -2.28. The van der Waals surface area contributed by atoms with Crippen molar-refractivity contribution in [2.45, 2.75) is 25.9 Å². The molecule has 1 amide bonds. The molecular weight excluding hydrogens is 297 g/mol. The van der Waals surface area contributed by atoms with Gasteiger partial charge in [0, 0.05) is 5.56 Å². The summed E-state index contributed by atoms with van der Waals surface area (Å²) in [5.41, 5.74) is 0.294. The van der Waals surface area contributed by atoms with Crippen LogP contribution in [0.3, 0.4) is 0 Å². The standard InChI is InChI=1S/C13H20NO6P/c1-3-19-21(18,20-4-2)12(13(16)17)14-11(15)10-8-6-5-7-9-10/h5-9,12-13,16-17H,3-4H2,1-2H3,(H,14,15). The molecule has 0 spiro atoms. The Bertz CT molecular complexity index is 483. The molecule has 118 valence electrons. The topological polar surface area (TPSA) is 105 Å². The molecule has 7 nitrogen and oxygen atoms in total. The van der Waals surface area contributed by atoms with Crippen LogP contribution in [0.5, 0.6) is 0 Å². The van der Waals surface area contributed by atoms with E-state index in [4.69, 9.17) is 9.05 Å². The molecule has 0 aliphatic carbocycles. The molecule has 21 heavy (non-hydrogen) atoms. The first kappa shape index (κ1) is 17.8. The summed E-state index contributed by atoms with van der Waals surface area (Å²) >= 11 is 0.